The molecule has 1 aromatic rings. The molecule has 2 heteroatoms. The Labute approximate surface area is 103 Å². The predicted molar refractivity (Wildman–Crippen MR) is 68.9 cm³/mol. The van der Waals surface area contributed by atoms with Crippen molar-refractivity contribution >= 4 is 0 Å². The van der Waals surface area contributed by atoms with Crippen LogP contribution in [-0.2, 0) is 6.42 Å². The number of benzene rings is 1. The zero-order valence-corrected chi connectivity index (χ0v) is 10.2. The van der Waals surface area contributed by atoms with Crippen molar-refractivity contribution in [3.63, 3.8) is 0 Å². The molecule has 0 saturated carbocycles. The van der Waals surface area contributed by atoms with Crippen LogP contribution >= 0.6 is 0 Å². The summed E-state index contributed by atoms with van der Waals surface area (Å²) >= 11 is 0. The van der Waals surface area contributed by atoms with E-state index in [0.29, 0.717) is 12.0 Å². The van der Waals surface area contributed by atoms with E-state index in [1.54, 1.807) is 0 Å². The number of rotatable bonds is 1. The fourth-order valence-corrected chi connectivity index (χ4v) is 3.47. The number of hydrogen-bond acceptors (Lipinski definition) is 2. The molecule has 0 amide bonds. The van der Waals surface area contributed by atoms with E-state index in [4.69, 9.17) is 0 Å². The van der Waals surface area contributed by atoms with Gasteiger partial charge in [0.05, 0.1) is 6.10 Å². The minimum absolute atomic E-state index is 0.274. The zero-order chi connectivity index (χ0) is 11.7. The molecular formula is C15H21NO. The Balaban J connectivity index is 1.88. The molecule has 2 N–H and O–H groups in total. The summed E-state index contributed by atoms with van der Waals surface area (Å²) in [5.41, 5.74) is 2.52. The van der Waals surface area contributed by atoms with E-state index in [-0.39, 0.29) is 6.10 Å². The molecule has 92 valence electrons. The minimum atomic E-state index is -0.274. The third-order valence-electron chi connectivity index (χ3n) is 4.38. The third kappa shape index (κ3) is 2.12. The number of aliphatic hydroxyl groups is 1. The van der Waals surface area contributed by atoms with Crippen LogP contribution < -0.4 is 5.32 Å². The van der Waals surface area contributed by atoms with Gasteiger partial charge in [0.1, 0.15) is 0 Å². The summed E-state index contributed by atoms with van der Waals surface area (Å²) < 4.78 is 0. The van der Waals surface area contributed by atoms with Crippen molar-refractivity contribution < 1.29 is 5.11 Å². The van der Waals surface area contributed by atoms with Crippen LogP contribution in [0.3, 0.4) is 0 Å². The highest BCUT2D eigenvalue weighted by Crippen LogP contribution is 2.36. The van der Waals surface area contributed by atoms with Gasteiger partial charge in [0.25, 0.3) is 0 Å². The topological polar surface area (TPSA) is 32.3 Å². The van der Waals surface area contributed by atoms with Crippen LogP contribution in [0.2, 0.25) is 0 Å². The van der Waals surface area contributed by atoms with Crippen LogP contribution in [0.15, 0.2) is 24.3 Å². The Hall–Kier alpha value is -0.860. The van der Waals surface area contributed by atoms with Gasteiger partial charge >= 0.3 is 0 Å². The maximum Gasteiger partial charge on any atom is 0.0835 e. The molecule has 0 bridgehead atoms. The molecule has 1 saturated heterocycles. The average Bonchev–Trinajstić information content (AvgIpc) is 2.83. The number of nitrogens with one attached hydrogen (secondary N) is 1. The average molecular weight is 231 g/mol. The number of hydrogen-bond donors (Lipinski definition) is 2. The van der Waals surface area contributed by atoms with Crippen molar-refractivity contribution in [3.05, 3.63) is 35.4 Å². The fraction of sp³-hybridized carbons (Fsp3) is 0.600. The van der Waals surface area contributed by atoms with Crippen LogP contribution in [0.25, 0.3) is 0 Å². The quantitative estimate of drug-likeness (QED) is 0.728. The summed E-state index contributed by atoms with van der Waals surface area (Å²) in [4.78, 5) is 0. The van der Waals surface area contributed by atoms with Gasteiger partial charge in [-0.25, -0.2) is 0 Å². The monoisotopic (exact) mass is 231 g/mol. The van der Waals surface area contributed by atoms with Gasteiger partial charge in [-0.05, 0) is 49.8 Å². The summed E-state index contributed by atoms with van der Waals surface area (Å²) in [5, 5.41) is 14.2. The van der Waals surface area contributed by atoms with Gasteiger partial charge in [-0.1, -0.05) is 24.3 Å². The Morgan fingerprint density at radius 1 is 1.12 bits per heavy atom. The van der Waals surface area contributed by atoms with E-state index in [1.165, 1.54) is 30.4 Å². The molecule has 1 aliphatic carbocycles. The van der Waals surface area contributed by atoms with Gasteiger partial charge in [0, 0.05) is 12.0 Å². The predicted octanol–water partition coefficient (Wildman–Crippen LogP) is 2.42. The van der Waals surface area contributed by atoms with Gasteiger partial charge in [-0.3, -0.25) is 0 Å². The second-order valence-electron chi connectivity index (χ2n) is 5.40. The fourth-order valence-electron chi connectivity index (χ4n) is 3.47. The van der Waals surface area contributed by atoms with Gasteiger partial charge in [0.2, 0.25) is 0 Å². The van der Waals surface area contributed by atoms with Crippen LogP contribution in [-0.4, -0.2) is 17.7 Å². The molecule has 1 heterocycles. The third-order valence-corrected chi connectivity index (χ3v) is 4.38. The molecule has 2 aliphatic rings. The van der Waals surface area contributed by atoms with E-state index in [2.05, 4.69) is 23.5 Å². The van der Waals surface area contributed by atoms with E-state index in [1.807, 2.05) is 6.07 Å². The molecule has 3 rings (SSSR count). The van der Waals surface area contributed by atoms with E-state index in [9.17, 15) is 5.11 Å². The maximum atomic E-state index is 10.6. The molecule has 2 nitrogen and oxygen atoms in total. The highest BCUT2D eigenvalue weighted by atomic mass is 16.3. The summed E-state index contributed by atoms with van der Waals surface area (Å²) in [6.07, 6.45) is 5.68. The summed E-state index contributed by atoms with van der Waals surface area (Å²) in [7, 11) is 0. The highest BCUT2D eigenvalue weighted by molar-refractivity contribution is 5.31. The van der Waals surface area contributed by atoms with E-state index < -0.39 is 0 Å². The lowest BCUT2D eigenvalue weighted by molar-refractivity contribution is 0.0847. The van der Waals surface area contributed by atoms with E-state index in [0.717, 1.165) is 19.4 Å². The molecule has 1 aliphatic heterocycles. The van der Waals surface area contributed by atoms with Crippen molar-refractivity contribution in [3.8, 4) is 0 Å². The molecule has 17 heavy (non-hydrogen) atoms. The number of aliphatic hydroxyl groups excluding tert-OH is 1. The van der Waals surface area contributed by atoms with Crippen molar-refractivity contribution in [1.82, 2.24) is 5.32 Å². The van der Waals surface area contributed by atoms with Crippen molar-refractivity contribution in [2.24, 2.45) is 5.92 Å². The van der Waals surface area contributed by atoms with Crippen molar-refractivity contribution in [2.45, 2.75) is 44.2 Å². The van der Waals surface area contributed by atoms with Crippen molar-refractivity contribution in [2.75, 3.05) is 6.54 Å². The molecule has 1 aromatic carbocycles. The molecule has 0 aromatic heterocycles. The van der Waals surface area contributed by atoms with E-state index >= 15 is 0 Å². The standard InChI is InChI=1S/C15H21NO/c17-15-12-7-2-1-5-11(12)6-3-8-13(15)14-9-4-10-16-14/h1-2,5,7,13-17H,3-4,6,8-10H2. The maximum absolute atomic E-state index is 10.6. The van der Waals surface area contributed by atoms with Crippen LogP contribution in [0.4, 0.5) is 0 Å². The summed E-state index contributed by atoms with van der Waals surface area (Å²) in [6.45, 7) is 1.12. The zero-order valence-electron chi connectivity index (χ0n) is 10.2. The minimum Gasteiger partial charge on any atom is -0.388 e. The second-order valence-corrected chi connectivity index (χ2v) is 5.40. The second kappa shape index (κ2) is 4.79. The SMILES string of the molecule is OC1c2ccccc2CCCC1C1CCCN1. The summed E-state index contributed by atoms with van der Waals surface area (Å²) in [5.74, 6) is 0.404. The first-order valence-electron chi connectivity index (χ1n) is 6.85. The van der Waals surface area contributed by atoms with Gasteiger partial charge in [0.15, 0.2) is 0 Å². The van der Waals surface area contributed by atoms with Gasteiger partial charge in [-0.2, -0.15) is 0 Å². The smallest absolute Gasteiger partial charge is 0.0835 e. The van der Waals surface area contributed by atoms with Crippen LogP contribution in [0, 0.1) is 5.92 Å². The lowest BCUT2D eigenvalue weighted by atomic mass is 9.86. The molecule has 1 fully saturated rings. The first kappa shape index (κ1) is 11.2. The highest BCUT2D eigenvalue weighted by Gasteiger charge is 2.33. The lowest BCUT2D eigenvalue weighted by Crippen LogP contribution is -2.34. The largest absolute Gasteiger partial charge is 0.388 e. The first-order chi connectivity index (χ1) is 8.36. The van der Waals surface area contributed by atoms with Crippen LogP contribution in [0.1, 0.15) is 42.9 Å². The Kier molecular flexibility index (Phi) is 3.17. The molecular weight excluding hydrogens is 210 g/mol. The first-order valence-corrected chi connectivity index (χ1v) is 6.85. The lowest BCUT2D eigenvalue weighted by Gasteiger charge is -2.27. The molecule has 3 atom stereocenters. The Morgan fingerprint density at radius 2 is 2.00 bits per heavy atom. The molecule has 0 spiro atoms. The van der Waals surface area contributed by atoms with Gasteiger partial charge in [-0.15, -0.1) is 0 Å². The Bertz CT molecular complexity index is 384. The summed E-state index contributed by atoms with van der Waals surface area (Å²) in [6, 6.07) is 8.93. The van der Waals surface area contributed by atoms with Crippen LogP contribution in [0.5, 0.6) is 0 Å². The number of aryl methyl sites for hydroxylation is 1. The van der Waals surface area contributed by atoms with Gasteiger partial charge < -0.3 is 10.4 Å². The molecule has 3 unspecified atom stereocenters. The Morgan fingerprint density at radius 3 is 2.82 bits per heavy atom. The van der Waals surface area contributed by atoms with Crippen molar-refractivity contribution in [1.29, 1.82) is 0 Å². The number of fused-ring (bicyclic) bond motifs is 1. The molecule has 0 radical (unpaired) electrons. The normalized spacial score (nSPS) is 33.1.